The molecule has 0 aromatic carbocycles. The molecule has 12 heavy (non-hydrogen) atoms. The Balaban J connectivity index is 2.31. The minimum Gasteiger partial charge on any atom is -0.385 e. The topological polar surface area (TPSA) is 27.1 Å². The normalized spacial score (nSPS) is 10.5. The van der Waals surface area contributed by atoms with Gasteiger partial charge in [-0.2, -0.15) is 5.10 Å². The third kappa shape index (κ3) is 2.66. The number of aryl methyl sites for hydroxylation is 2. The molecule has 1 heterocycles. The average molecular weight is 168 g/mol. The van der Waals surface area contributed by atoms with Crippen molar-refractivity contribution in [3.63, 3.8) is 0 Å². The van der Waals surface area contributed by atoms with Crippen molar-refractivity contribution < 1.29 is 4.74 Å². The van der Waals surface area contributed by atoms with Gasteiger partial charge in [-0.05, 0) is 18.9 Å². The quantitative estimate of drug-likeness (QED) is 0.623. The maximum atomic E-state index is 4.96. The lowest BCUT2D eigenvalue weighted by Crippen LogP contribution is -2.02. The van der Waals surface area contributed by atoms with Crippen LogP contribution in [0.2, 0.25) is 0 Å². The van der Waals surface area contributed by atoms with E-state index in [9.17, 15) is 0 Å². The second-order valence-corrected chi connectivity index (χ2v) is 2.77. The SMILES string of the molecule is CCc1ccn(CCCOC)n1. The second-order valence-electron chi connectivity index (χ2n) is 2.77. The van der Waals surface area contributed by atoms with E-state index in [1.54, 1.807) is 7.11 Å². The molecule has 0 atom stereocenters. The van der Waals surface area contributed by atoms with E-state index in [-0.39, 0.29) is 0 Å². The smallest absolute Gasteiger partial charge is 0.0621 e. The fraction of sp³-hybridized carbons (Fsp3) is 0.667. The van der Waals surface area contributed by atoms with Gasteiger partial charge in [0, 0.05) is 26.5 Å². The molecule has 0 radical (unpaired) electrons. The predicted octanol–water partition coefficient (Wildman–Crippen LogP) is 1.48. The highest BCUT2D eigenvalue weighted by molar-refractivity contribution is 4.97. The summed E-state index contributed by atoms with van der Waals surface area (Å²) >= 11 is 0. The van der Waals surface area contributed by atoms with Crippen molar-refractivity contribution in [2.75, 3.05) is 13.7 Å². The molecule has 3 nitrogen and oxygen atoms in total. The fourth-order valence-electron chi connectivity index (χ4n) is 1.09. The molecule has 0 bridgehead atoms. The maximum Gasteiger partial charge on any atom is 0.0621 e. The Morgan fingerprint density at radius 3 is 3.00 bits per heavy atom. The van der Waals surface area contributed by atoms with Gasteiger partial charge in [-0.25, -0.2) is 0 Å². The molecule has 0 saturated heterocycles. The lowest BCUT2D eigenvalue weighted by atomic mass is 10.4. The van der Waals surface area contributed by atoms with Gasteiger partial charge < -0.3 is 4.74 Å². The molecule has 3 heteroatoms. The number of aromatic nitrogens is 2. The van der Waals surface area contributed by atoms with E-state index in [1.165, 1.54) is 0 Å². The van der Waals surface area contributed by atoms with Crippen LogP contribution in [0, 0.1) is 0 Å². The minimum atomic E-state index is 0.807. The van der Waals surface area contributed by atoms with Crippen molar-refractivity contribution in [3.05, 3.63) is 18.0 Å². The molecule has 1 aromatic heterocycles. The number of rotatable bonds is 5. The minimum absolute atomic E-state index is 0.807. The van der Waals surface area contributed by atoms with Crippen molar-refractivity contribution in [2.24, 2.45) is 0 Å². The Bertz CT molecular complexity index is 220. The molecular weight excluding hydrogens is 152 g/mol. The van der Waals surface area contributed by atoms with Crippen molar-refractivity contribution >= 4 is 0 Å². The Morgan fingerprint density at radius 2 is 2.42 bits per heavy atom. The van der Waals surface area contributed by atoms with Crippen molar-refractivity contribution in [1.29, 1.82) is 0 Å². The number of nitrogens with zero attached hydrogens (tertiary/aromatic N) is 2. The van der Waals surface area contributed by atoms with E-state index < -0.39 is 0 Å². The first-order valence-electron chi connectivity index (χ1n) is 4.38. The zero-order chi connectivity index (χ0) is 8.81. The van der Waals surface area contributed by atoms with Gasteiger partial charge in [-0.1, -0.05) is 6.92 Å². The molecule has 0 saturated carbocycles. The molecule has 0 unspecified atom stereocenters. The Kier molecular flexibility index (Phi) is 3.80. The van der Waals surface area contributed by atoms with Crippen LogP contribution in [0.3, 0.4) is 0 Å². The van der Waals surface area contributed by atoms with Crippen LogP contribution in [0.25, 0.3) is 0 Å². The van der Waals surface area contributed by atoms with Crippen LogP contribution in [-0.4, -0.2) is 23.5 Å². The summed E-state index contributed by atoms with van der Waals surface area (Å²) in [7, 11) is 1.72. The molecule has 0 aliphatic heterocycles. The molecule has 0 aliphatic carbocycles. The summed E-state index contributed by atoms with van der Waals surface area (Å²) in [5.74, 6) is 0. The number of hydrogen-bond donors (Lipinski definition) is 0. The van der Waals surface area contributed by atoms with Crippen LogP contribution >= 0.6 is 0 Å². The van der Waals surface area contributed by atoms with Crippen LogP contribution < -0.4 is 0 Å². The van der Waals surface area contributed by atoms with E-state index in [2.05, 4.69) is 18.1 Å². The van der Waals surface area contributed by atoms with Crippen LogP contribution in [-0.2, 0) is 17.7 Å². The van der Waals surface area contributed by atoms with Gasteiger partial charge in [0.05, 0.1) is 5.69 Å². The summed E-state index contributed by atoms with van der Waals surface area (Å²) in [5, 5.41) is 4.36. The zero-order valence-corrected chi connectivity index (χ0v) is 7.79. The Labute approximate surface area is 73.3 Å². The third-order valence-electron chi connectivity index (χ3n) is 1.79. The largest absolute Gasteiger partial charge is 0.385 e. The van der Waals surface area contributed by atoms with E-state index in [0.29, 0.717) is 0 Å². The maximum absolute atomic E-state index is 4.96. The summed E-state index contributed by atoms with van der Waals surface area (Å²) in [5.41, 5.74) is 1.16. The summed E-state index contributed by atoms with van der Waals surface area (Å²) in [4.78, 5) is 0. The molecular formula is C9H16N2O. The van der Waals surface area contributed by atoms with Gasteiger partial charge in [0.1, 0.15) is 0 Å². The van der Waals surface area contributed by atoms with Gasteiger partial charge in [-0.15, -0.1) is 0 Å². The number of methoxy groups -OCH3 is 1. The molecule has 0 fully saturated rings. The highest BCUT2D eigenvalue weighted by atomic mass is 16.5. The molecule has 1 aromatic rings. The van der Waals surface area contributed by atoms with E-state index in [4.69, 9.17) is 4.74 Å². The second kappa shape index (κ2) is 4.93. The monoisotopic (exact) mass is 168 g/mol. The Morgan fingerprint density at radius 1 is 1.58 bits per heavy atom. The first-order valence-corrected chi connectivity index (χ1v) is 4.38. The van der Waals surface area contributed by atoms with Crippen LogP contribution in [0.1, 0.15) is 19.0 Å². The molecule has 0 N–H and O–H groups in total. The molecule has 0 amide bonds. The van der Waals surface area contributed by atoms with Crippen LogP contribution in [0.4, 0.5) is 0 Å². The average Bonchev–Trinajstić information content (AvgIpc) is 2.53. The molecule has 0 aliphatic rings. The highest BCUT2D eigenvalue weighted by Crippen LogP contribution is 1.97. The molecule has 68 valence electrons. The van der Waals surface area contributed by atoms with E-state index in [1.807, 2.05) is 10.9 Å². The van der Waals surface area contributed by atoms with Gasteiger partial charge in [0.25, 0.3) is 0 Å². The summed E-state index contributed by atoms with van der Waals surface area (Å²) in [6.45, 7) is 3.87. The van der Waals surface area contributed by atoms with Crippen LogP contribution in [0.5, 0.6) is 0 Å². The fourth-order valence-corrected chi connectivity index (χ4v) is 1.09. The standard InChI is InChI=1S/C9H16N2O/c1-3-9-5-7-11(10-9)6-4-8-12-2/h5,7H,3-4,6,8H2,1-2H3. The van der Waals surface area contributed by atoms with Gasteiger partial charge >= 0.3 is 0 Å². The summed E-state index contributed by atoms with van der Waals surface area (Å²) in [6.07, 6.45) is 4.06. The van der Waals surface area contributed by atoms with Gasteiger partial charge in [0.2, 0.25) is 0 Å². The number of hydrogen-bond acceptors (Lipinski definition) is 2. The van der Waals surface area contributed by atoms with Crippen molar-refractivity contribution in [1.82, 2.24) is 9.78 Å². The van der Waals surface area contributed by atoms with E-state index in [0.717, 1.165) is 31.7 Å². The lowest BCUT2D eigenvalue weighted by Gasteiger charge is -1.99. The lowest BCUT2D eigenvalue weighted by molar-refractivity contribution is 0.189. The predicted molar refractivity (Wildman–Crippen MR) is 48.1 cm³/mol. The van der Waals surface area contributed by atoms with Crippen molar-refractivity contribution in [2.45, 2.75) is 26.3 Å². The Hall–Kier alpha value is -0.830. The van der Waals surface area contributed by atoms with E-state index >= 15 is 0 Å². The third-order valence-corrected chi connectivity index (χ3v) is 1.79. The highest BCUT2D eigenvalue weighted by Gasteiger charge is 1.95. The summed E-state index contributed by atoms with van der Waals surface area (Å²) in [6, 6.07) is 2.06. The first kappa shape index (κ1) is 9.26. The van der Waals surface area contributed by atoms with Gasteiger partial charge in [-0.3, -0.25) is 4.68 Å². The van der Waals surface area contributed by atoms with Gasteiger partial charge in [0.15, 0.2) is 0 Å². The molecule has 1 rings (SSSR count). The molecule has 0 spiro atoms. The number of ether oxygens (including phenoxy) is 1. The van der Waals surface area contributed by atoms with Crippen molar-refractivity contribution in [3.8, 4) is 0 Å². The zero-order valence-electron chi connectivity index (χ0n) is 7.79. The summed E-state index contributed by atoms with van der Waals surface area (Å²) < 4.78 is 6.93. The van der Waals surface area contributed by atoms with Crippen LogP contribution in [0.15, 0.2) is 12.3 Å². The first-order chi connectivity index (χ1) is 5.86.